The van der Waals surface area contributed by atoms with Gasteiger partial charge < -0.3 is 10.1 Å². The van der Waals surface area contributed by atoms with E-state index in [1.54, 1.807) is 30.0 Å². The van der Waals surface area contributed by atoms with Crippen molar-refractivity contribution in [3.05, 3.63) is 28.7 Å². The summed E-state index contributed by atoms with van der Waals surface area (Å²) < 4.78 is 6.71. The van der Waals surface area contributed by atoms with E-state index >= 15 is 0 Å². The lowest BCUT2D eigenvalue weighted by Crippen LogP contribution is -2.41. The summed E-state index contributed by atoms with van der Waals surface area (Å²) >= 11 is 1.28. The third kappa shape index (κ3) is 4.33. The number of amides is 1. The molecule has 0 spiro atoms. The topological polar surface area (TPSA) is 86.1 Å². The van der Waals surface area contributed by atoms with Crippen LogP contribution in [0.3, 0.4) is 0 Å². The molecule has 2 aliphatic rings. The molecule has 0 unspecified atom stereocenters. The summed E-state index contributed by atoms with van der Waals surface area (Å²) in [6.07, 6.45) is 6.86. The average molecular weight is 417 g/mol. The molecule has 156 valence electrons. The molecular formula is C21H28N4O3S. The minimum atomic E-state index is -0.154. The zero-order chi connectivity index (χ0) is 20.4. The lowest BCUT2D eigenvalue weighted by Gasteiger charge is -2.28. The molecule has 0 aromatic carbocycles. The molecule has 1 N–H and O–H groups in total. The van der Waals surface area contributed by atoms with Crippen molar-refractivity contribution in [3.63, 3.8) is 0 Å². The Hall–Kier alpha value is -1.93. The van der Waals surface area contributed by atoms with E-state index in [4.69, 9.17) is 4.74 Å². The summed E-state index contributed by atoms with van der Waals surface area (Å²) in [6, 6.07) is 3.64. The van der Waals surface area contributed by atoms with Crippen molar-refractivity contribution in [2.45, 2.75) is 50.4 Å². The van der Waals surface area contributed by atoms with E-state index in [0.717, 1.165) is 11.8 Å². The van der Waals surface area contributed by atoms with Crippen molar-refractivity contribution in [2.24, 2.45) is 17.8 Å². The van der Waals surface area contributed by atoms with Crippen LogP contribution in [0, 0.1) is 17.8 Å². The molecule has 2 bridgehead atoms. The fourth-order valence-electron chi connectivity index (χ4n) is 4.97. The van der Waals surface area contributed by atoms with Gasteiger partial charge in [-0.2, -0.15) is 0 Å². The van der Waals surface area contributed by atoms with E-state index in [2.05, 4.69) is 22.2 Å². The Morgan fingerprint density at radius 3 is 3.00 bits per heavy atom. The Labute approximate surface area is 174 Å². The number of aromatic nitrogens is 3. The van der Waals surface area contributed by atoms with Gasteiger partial charge in [0, 0.05) is 19.3 Å². The van der Waals surface area contributed by atoms with Gasteiger partial charge in [-0.25, -0.2) is 9.97 Å². The number of hydrogen-bond acceptors (Lipinski definition) is 6. The molecule has 4 atom stereocenters. The largest absolute Gasteiger partial charge is 0.383 e. The van der Waals surface area contributed by atoms with Gasteiger partial charge in [-0.1, -0.05) is 18.2 Å². The summed E-state index contributed by atoms with van der Waals surface area (Å²) in [5.74, 6) is 2.45. The number of carbonyl (C=O) groups is 1. The molecule has 2 saturated carbocycles. The monoisotopic (exact) mass is 416 g/mol. The van der Waals surface area contributed by atoms with E-state index in [1.807, 2.05) is 0 Å². The number of nitrogens with zero attached hydrogens (tertiary/aromatic N) is 3. The fourth-order valence-corrected chi connectivity index (χ4v) is 5.79. The van der Waals surface area contributed by atoms with Crippen molar-refractivity contribution in [1.29, 1.82) is 0 Å². The Kier molecular flexibility index (Phi) is 6.20. The number of hydrogen-bond donors (Lipinski definition) is 1. The first-order valence-corrected chi connectivity index (χ1v) is 11.3. The fraction of sp³-hybridized carbons (Fsp3) is 0.619. The quantitative estimate of drug-likeness (QED) is 0.526. The predicted molar refractivity (Wildman–Crippen MR) is 113 cm³/mol. The first kappa shape index (κ1) is 20.3. The standard InChI is InChI=1S/C21H28N4O3S/c1-13(17-11-14-5-6-15(17)10-14)23-18(26)12-29-21-24-19-16(4-3-7-22-19)20(27)25(21)8-9-28-2/h3-4,7,13-15,17H,5-6,8-12H2,1-2H3,(H,23,26)/t13-,14+,15+,17-/m1/s1. The highest BCUT2D eigenvalue weighted by Gasteiger charge is 2.42. The van der Waals surface area contributed by atoms with Gasteiger partial charge in [0.2, 0.25) is 5.91 Å². The minimum absolute atomic E-state index is 0.0149. The third-order valence-corrected chi connectivity index (χ3v) is 7.35. The summed E-state index contributed by atoms with van der Waals surface area (Å²) in [5, 5.41) is 4.15. The van der Waals surface area contributed by atoms with Crippen molar-refractivity contribution in [2.75, 3.05) is 19.5 Å². The number of nitrogens with one attached hydrogen (secondary N) is 1. The maximum atomic E-state index is 12.8. The van der Waals surface area contributed by atoms with E-state index in [1.165, 1.54) is 37.4 Å². The van der Waals surface area contributed by atoms with Gasteiger partial charge in [-0.3, -0.25) is 14.2 Å². The van der Waals surface area contributed by atoms with Gasteiger partial charge in [0.25, 0.3) is 5.56 Å². The van der Waals surface area contributed by atoms with Crippen LogP contribution in [0.1, 0.15) is 32.6 Å². The predicted octanol–water partition coefficient (Wildman–Crippen LogP) is 2.47. The van der Waals surface area contributed by atoms with Crippen LogP contribution < -0.4 is 10.9 Å². The van der Waals surface area contributed by atoms with Crippen LogP contribution in [0.2, 0.25) is 0 Å². The molecule has 4 rings (SSSR count). The minimum Gasteiger partial charge on any atom is -0.383 e. The number of ether oxygens (including phenoxy) is 1. The molecule has 8 heteroatoms. The number of carbonyl (C=O) groups excluding carboxylic acids is 1. The average Bonchev–Trinajstić information content (AvgIpc) is 3.35. The molecule has 2 aromatic rings. The maximum Gasteiger partial charge on any atom is 0.263 e. The van der Waals surface area contributed by atoms with Crippen LogP contribution in [0.15, 0.2) is 28.3 Å². The van der Waals surface area contributed by atoms with E-state index in [-0.39, 0.29) is 23.3 Å². The van der Waals surface area contributed by atoms with Crippen molar-refractivity contribution in [3.8, 4) is 0 Å². The highest BCUT2D eigenvalue weighted by Crippen LogP contribution is 2.49. The van der Waals surface area contributed by atoms with Gasteiger partial charge in [0.05, 0.1) is 24.3 Å². The Morgan fingerprint density at radius 1 is 1.41 bits per heavy atom. The van der Waals surface area contributed by atoms with Crippen LogP contribution in [0.4, 0.5) is 0 Å². The van der Waals surface area contributed by atoms with Crippen LogP contribution >= 0.6 is 11.8 Å². The second-order valence-electron chi connectivity index (χ2n) is 8.20. The van der Waals surface area contributed by atoms with E-state index in [9.17, 15) is 9.59 Å². The smallest absolute Gasteiger partial charge is 0.263 e. The SMILES string of the molecule is COCCn1c(SCC(=O)N[C@H](C)[C@H]2C[C@H]3CC[C@H]2C3)nc2ncccc2c1=O. The van der Waals surface area contributed by atoms with Crippen LogP contribution in [0.25, 0.3) is 11.0 Å². The Morgan fingerprint density at radius 2 is 2.28 bits per heavy atom. The number of fused-ring (bicyclic) bond motifs is 3. The summed E-state index contributed by atoms with van der Waals surface area (Å²) in [7, 11) is 1.60. The second kappa shape index (κ2) is 8.83. The number of thioether (sulfide) groups is 1. The van der Waals surface area contributed by atoms with Gasteiger partial charge in [0.15, 0.2) is 10.8 Å². The van der Waals surface area contributed by atoms with Gasteiger partial charge in [-0.05, 0) is 56.1 Å². The molecule has 29 heavy (non-hydrogen) atoms. The molecule has 2 aliphatic carbocycles. The van der Waals surface area contributed by atoms with Crippen LogP contribution in [-0.4, -0.2) is 46.0 Å². The highest BCUT2D eigenvalue weighted by atomic mass is 32.2. The molecule has 0 aliphatic heterocycles. The molecule has 7 nitrogen and oxygen atoms in total. The zero-order valence-electron chi connectivity index (χ0n) is 17.0. The molecular weight excluding hydrogens is 388 g/mol. The zero-order valence-corrected chi connectivity index (χ0v) is 17.8. The first-order valence-electron chi connectivity index (χ1n) is 10.3. The lowest BCUT2D eigenvalue weighted by atomic mass is 9.84. The molecule has 0 radical (unpaired) electrons. The third-order valence-electron chi connectivity index (χ3n) is 6.37. The normalized spacial score (nSPS) is 24.1. The maximum absolute atomic E-state index is 12.8. The summed E-state index contributed by atoms with van der Waals surface area (Å²) in [4.78, 5) is 34.1. The molecule has 1 amide bonds. The van der Waals surface area contributed by atoms with Crippen LogP contribution in [-0.2, 0) is 16.1 Å². The molecule has 2 heterocycles. The highest BCUT2D eigenvalue weighted by molar-refractivity contribution is 7.99. The number of pyridine rings is 1. The summed E-state index contributed by atoms with van der Waals surface area (Å²) in [6.45, 7) is 2.91. The Balaban J connectivity index is 1.44. The van der Waals surface area contributed by atoms with Crippen molar-refractivity contribution >= 4 is 28.7 Å². The Bertz CT molecular complexity index is 947. The van der Waals surface area contributed by atoms with Crippen molar-refractivity contribution in [1.82, 2.24) is 19.9 Å². The second-order valence-corrected chi connectivity index (χ2v) is 9.14. The van der Waals surface area contributed by atoms with Gasteiger partial charge in [0.1, 0.15) is 0 Å². The van der Waals surface area contributed by atoms with E-state index in [0.29, 0.717) is 35.3 Å². The number of methoxy groups -OCH3 is 1. The lowest BCUT2D eigenvalue weighted by molar-refractivity contribution is -0.119. The molecule has 2 aromatic heterocycles. The molecule has 2 fully saturated rings. The van der Waals surface area contributed by atoms with Gasteiger partial charge >= 0.3 is 0 Å². The summed E-state index contributed by atoms with van der Waals surface area (Å²) in [5.41, 5.74) is 0.253. The first-order chi connectivity index (χ1) is 14.1. The number of rotatable bonds is 8. The van der Waals surface area contributed by atoms with Crippen molar-refractivity contribution < 1.29 is 9.53 Å². The molecule has 0 saturated heterocycles. The van der Waals surface area contributed by atoms with Gasteiger partial charge in [-0.15, -0.1) is 0 Å². The van der Waals surface area contributed by atoms with E-state index < -0.39 is 0 Å². The van der Waals surface area contributed by atoms with Crippen LogP contribution in [0.5, 0.6) is 0 Å².